The number of benzene rings is 4. The number of carbonyl (C=O) groups excluding carboxylic acids is 1. The Balaban J connectivity index is 1.30. The summed E-state index contributed by atoms with van der Waals surface area (Å²) < 4.78 is 5.78. The number of rotatable bonds is 7. The molecule has 0 atom stereocenters. The molecule has 0 fully saturated rings. The highest BCUT2D eigenvalue weighted by atomic mass is 16.5. The molecule has 0 aromatic heterocycles. The van der Waals surface area contributed by atoms with Crippen LogP contribution in [0.1, 0.15) is 16.7 Å². The summed E-state index contributed by atoms with van der Waals surface area (Å²) in [6.45, 7) is 0.526. The maximum Gasteiger partial charge on any atom is 0.244 e. The third-order valence-corrected chi connectivity index (χ3v) is 4.76. The summed E-state index contributed by atoms with van der Waals surface area (Å²) in [6, 6.07) is 31.7. The minimum atomic E-state index is -0.148. The fourth-order valence-electron chi connectivity index (χ4n) is 3.23. The van der Waals surface area contributed by atoms with Crippen molar-refractivity contribution in [2.45, 2.75) is 13.0 Å². The maximum atomic E-state index is 12.3. The van der Waals surface area contributed by atoms with E-state index in [0.29, 0.717) is 6.61 Å². The van der Waals surface area contributed by atoms with Gasteiger partial charge in [0.25, 0.3) is 0 Å². The topological polar surface area (TPSA) is 50.7 Å². The number of amides is 1. The van der Waals surface area contributed by atoms with E-state index in [-0.39, 0.29) is 12.3 Å². The van der Waals surface area contributed by atoms with Crippen LogP contribution >= 0.6 is 0 Å². The standard InChI is InChI=1S/C26H22N2O2/c29-26(17-23-11-6-10-22-9-4-5-12-25(22)23)28-27-18-20-13-15-24(16-14-20)30-19-21-7-2-1-3-8-21/h1-16,18H,17,19H2,(H,28,29)/b27-18+. The number of fused-ring (bicyclic) bond motifs is 1. The van der Waals surface area contributed by atoms with Gasteiger partial charge in [-0.3, -0.25) is 4.79 Å². The molecule has 0 radical (unpaired) electrons. The first-order valence-corrected chi connectivity index (χ1v) is 9.83. The van der Waals surface area contributed by atoms with Crippen LogP contribution in [0.25, 0.3) is 10.8 Å². The van der Waals surface area contributed by atoms with E-state index >= 15 is 0 Å². The van der Waals surface area contributed by atoms with Gasteiger partial charge in [-0.05, 0) is 51.7 Å². The molecule has 0 saturated carbocycles. The van der Waals surface area contributed by atoms with Gasteiger partial charge in [0, 0.05) is 0 Å². The molecule has 4 aromatic rings. The highest BCUT2D eigenvalue weighted by Crippen LogP contribution is 2.19. The third-order valence-electron chi connectivity index (χ3n) is 4.76. The summed E-state index contributed by atoms with van der Waals surface area (Å²) in [4.78, 5) is 12.3. The fourth-order valence-corrected chi connectivity index (χ4v) is 3.23. The van der Waals surface area contributed by atoms with Gasteiger partial charge in [-0.1, -0.05) is 72.8 Å². The molecule has 148 valence electrons. The van der Waals surface area contributed by atoms with Crippen LogP contribution in [0.15, 0.2) is 102 Å². The van der Waals surface area contributed by atoms with Crippen LogP contribution in [0, 0.1) is 0 Å². The Kier molecular flexibility index (Phi) is 6.16. The van der Waals surface area contributed by atoms with Gasteiger partial charge >= 0.3 is 0 Å². The van der Waals surface area contributed by atoms with Crippen molar-refractivity contribution in [3.05, 3.63) is 114 Å². The van der Waals surface area contributed by atoms with Crippen LogP contribution in [0.3, 0.4) is 0 Å². The summed E-state index contributed by atoms with van der Waals surface area (Å²) in [5.74, 6) is 0.640. The van der Waals surface area contributed by atoms with Gasteiger partial charge in [-0.15, -0.1) is 0 Å². The number of nitrogens with zero attached hydrogens (tertiary/aromatic N) is 1. The summed E-state index contributed by atoms with van der Waals surface area (Å²) in [5.41, 5.74) is 5.60. The van der Waals surface area contributed by atoms with Gasteiger partial charge in [0.15, 0.2) is 0 Å². The molecule has 0 aliphatic rings. The van der Waals surface area contributed by atoms with Crippen molar-refractivity contribution in [1.29, 1.82) is 0 Å². The number of hydrazone groups is 1. The predicted molar refractivity (Wildman–Crippen MR) is 121 cm³/mol. The molecule has 0 saturated heterocycles. The van der Waals surface area contributed by atoms with Crippen LogP contribution in [0.2, 0.25) is 0 Å². The first-order valence-electron chi connectivity index (χ1n) is 9.83. The number of carbonyl (C=O) groups is 1. The molecule has 0 spiro atoms. The highest BCUT2D eigenvalue weighted by molar-refractivity contribution is 5.90. The zero-order valence-electron chi connectivity index (χ0n) is 16.5. The molecule has 0 unspecified atom stereocenters. The Morgan fingerprint density at radius 1 is 0.833 bits per heavy atom. The number of ether oxygens (including phenoxy) is 1. The quantitative estimate of drug-likeness (QED) is 0.350. The van der Waals surface area contributed by atoms with E-state index in [2.05, 4.69) is 10.5 Å². The lowest BCUT2D eigenvalue weighted by Gasteiger charge is -2.06. The number of nitrogens with one attached hydrogen (secondary N) is 1. The van der Waals surface area contributed by atoms with E-state index in [4.69, 9.17) is 4.74 Å². The van der Waals surface area contributed by atoms with E-state index in [1.165, 1.54) is 0 Å². The Labute approximate surface area is 175 Å². The minimum absolute atomic E-state index is 0.148. The SMILES string of the molecule is O=C(Cc1cccc2ccccc12)N/N=C/c1ccc(OCc2ccccc2)cc1. The van der Waals surface area contributed by atoms with Crippen molar-refractivity contribution < 1.29 is 9.53 Å². The summed E-state index contributed by atoms with van der Waals surface area (Å²) in [6.07, 6.45) is 1.91. The molecule has 1 amide bonds. The smallest absolute Gasteiger partial charge is 0.244 e. The van der Waals surface area contributed by atoms with E-state index in [1.54, 1.807) is 6.21 Å². The summed E-state index contributed by atoms with van der Waals surface area (Å²) >= 11 is 0. The summed E-state index contributed by atoms with van der Waals surface area (Å²) in [5, 5.41) is 6.29. The molecule has 4 aromatic carbocycles. The largest absolute Gasteiger partial charge is 0.489 e. The molecular weight excluding hydrogens is 372 g/mol. The lowest BCUT2D eigenvalue weighted by atomic mass is 10.0. The second-order valence-corrected chi connectivity index (χ2v) is 6.95. The highest BCUT2D eigenvalue weighted by Gasteiger charge is 2.06. The lowest BCUT2D eigenvalue weighted by Crippen LogP contribution is -2.19. The second-order valence-electron chi connectivity index (χ2n) is 6.95. The van der Waals surface area contributed by atoms with Gasteiger partial charge < -0.3 is 4.74 Å². The van der Waals surface area contributed by atoms with Crippen LogP contribution in [-0.4, -0.2) is 12.1 Å². The van der Waals surface area contributed by atoms with Crippen molar-refractivity contribution in [3.8, 4) is 5.75 Å². The van der Waals surface area contributed by atoms with Crippen molar-refractivity contribution in [1.82, 2.24) is 5.43 Å². The van der Waals surface area contributed by atoms with E-state index in [1.807, 2.05) is 97.1 Å². The summed E-state index contributed by atoms with van der Waals surface area (Å²) in [7, 11) is 0. The molecule has 4 heteroatoms. The molecule has 4 rings (SSSR count). The van der Waals surface area contributed by atoms with E-state index in [0.717, 1.165) is 33.2 Å². The fraction of sp³-hybridized carbons (Fsp3) is 0.0769. The Bertz CT molecular complexity index is 1150. The average molecular weight is 394 g/mol. The lowest BCUT2D eigenvalue weighted by molar-refractivity contribution is -0.120. The molecule has 0 heterocycles. The zero-order valence-corrected chi connectivity index (χ0v) is 16.5. The normalized spacial score (nSPS) is 10.9. The monoisotopic (exact) mass is 394 g/mol. The van der Waals surface area contributed by atoms with Crippen LogP contribution in [0.4, 0.5) is 0 Å². The van der Waals surface area contributed by atoms with Crippen LogP contribution in [0.5, 0.6) is 5.75 Å². The Morgan fingerprint density at radius 2 is 1.57 bits per heavy atom. The van der Waals surface area contributed by atoms with E-state index < -0.39 is 0 Å². The van der Waals surface area contributed by atoms with Gasteiger partial charge in [0.05, 0.1) is 12.6 Å². The van der Waals surface area contributed by atoms with Crippen LogP contribution in [-0.2, 0) is 17.8 Å². The molecule has 0 bridgehead atoms. The van der Waals surface area contributed by atoms with Gasteiger partial charge in [0.2, 0.25) is 5.91 Å². The zero-order chi connectivity index (χ0) is 20.6. The average Bonchev–Trinajstić information content (AvgIpc) is 2.79. The molecular formula is C26H22N2O2. The Morgan fingerprint density at radius 3 is 2.40 bits per heavy atom. The molecule has 0 aliphatic heterocycles. The molecule has 0 aliphatic carbocycles. The number of hydrogen-bond acceptors (Lipinski definition) is 3. The van der Waals surface area contributed by atoms with Crippen molar-refractivity contribution >= 4 is 22.9 Å². The first kappa shape index (κ1) is 19.4. The van der Waals surface area contributed by atoms with Gasteiger partial charge in [0.1, 0.15) is 12.4 Å². The van der Waals surface area contributed by atoms with Crippen molar-refractivity contribution in [2.75, 3.05) is 0 Å². The second kappa shape index (κ2) is 9.52. The van der Waals surface area contributed by atoms with Crippen molar-refractivity contribution in [2.24, 2.45) is 5.10 Å². The van der Waals surface area contributed by atoms with Gasteiger partial charge in [-0.2, -0.15) is 5.10 Å². The molecule has 4 nitrogen and oxygen atoms in total. The molecule has 1 N–H and O–H groups in total. The number of hydrogen-bond donors (Lipinski definition) is 1. The van der Waals surface area contributed by atoms with Gasteiger partial charge in [-0.25, -0.2) is 5.43 Å². The minimum Gasteiger partial charge on any atom is -0.489 e. The Hall–Kier alpha value is -3.92. The maximum absolute atomic E-state index is 12.3. The van der Waals surface area contributed by atoms with Crippen molar-refractivity contribution in [3.63, 3.8) is 0 Å². The predicted octanol–water partition coefficient (Wildman–Crippen LogP) is 5.11. The first-order chi connectivity index (χ1) is 14.8. The van der Waals surface area contributed by atoms with E-state index in [9.17, 15) is 4.79 Å². The van der Waals surface area contributed by atoms with Crippen LogP contribution < -0.4 is 10.2 Å². The third kappa shape index (κ3) is 5.11. The molecule has 30 heavy (non-hydrogen) atoms.